The van der Waals surface area contributed by atoms with Crippen LogP contribution >= 0.6 is 11.8 Å². The van der Waals surface area contributed by atoms with Gasteiger partial charge in [-0.05, 0) is 19.3 Å². The molecule has 1 amide bonds. The van der Waals surface area contributed by atoms with Gasteiger partial charge in [-0.25, -0.2) is 4.98 Å². The molecule has 0 radical (unpaired) electrons. The van der Waals surface area contributed by atoms with E-state index in [0.717, 1.165) is 25.0 Å². The first-order chi connectivity index (χ1) is 9.24. The van der Waals surface area contributed by atoms with Crippen LogP contribution in [-0.2, 0) is 6.54 Å². The van der Waals surface area contributed by atoms with Gasteiger partial charge in [0.15, 0.2) is 5.16 Å². The van der Waals surface area contributed by atoms with E-state index in [0.29, 0.717) is 18.2 Å². The first-order valence-electron chi connectivity index (χ1n) is 6.35. The Morgan fingerprint density at radius 1 is 1.47 bits per heavy atom. The molecule has 0 aromatic carbocycles. The molecular weight excluding hydrogens is 266 g/mol. The van der Waals surface area contributed by atoms with Crippen LogP contribution in [0.1, 0.15) is 29.6 Å². The minimum absolute atomic E-state index is 0.105. The highest BCUT2D eigenvalue weighted by Gasteiger charge is 2.19. The average Bonchev–Trinajstić information content (AvgIpc) is 2.88. The van der Waals surface area contributed by atoms with Gasteiger partial charge in [0.25, 0.3) is 11.5 Å². The van der Waals surface area contributed by atoms with Gasteiger partial charge in [-0.15, -0.1) is 0 Å². The van der Waals surface area contributed by atoms with Crippen molar-refractivity contribution in [2.75, 3.05) is 18.9 Å². The van der Waals surface area contributed by atoms with Crippen LogP contribution in [0.25, 0.3) is 0 Å². The number of thioether (sulfide) groups is 1. The second kappa shape index (κ2) is 6.72. The van der Waals surface area contributed by atoms with Crippen molar-refractivity contribution in [2.45, 2.75) is 31.0 Å². The van der Waals surface area contributed by atoms with E-state index in [9.17, 15) is 9.59 Å². The molecule has 0 aliphatic carbocycles. The summed E-state index contributed by atoms with van der Waals surface area (Å²) in [7, 11) is 0. The van der Waals surface area contributed by atoms with E-state index < -0.39 is 0 Å². The first-order valence-corrected chi connectivity index (χ1v) is 7.34. The number of rotatable bonds is 6. The highest BCUT2D eigenvalue weighted by molar-refractivity contribution is 7.99. The molecule has 19 heavy (non-hydrogen) atoms. The van der Waals surface area contributed by atoms with Crippen LogP contribution in [0.3, 0.4) is 0 Å². The Labute approximate surface area is 115 Å². The van der Waals surface area contributed by atoms with Crippen LogP contribution in [0.5, 0.6) is 0 Å². The molecule has 1 aliphatic rings. The van der Waals surface area contributed by atoms with Crippen molar-refractivity contribution in [2.24, 2.45) is 0 Å². The SMILES string of the molecule is O=C(NCCCCCO)c1cnc2n(c1=O)CCS2. The maximum atomic E-state index is 12.1. The molecule has 2 rings (SSSR count). The summed E-state index contributed by atoms with van der Waals surface area (Å²) >= 11 is 1.53. The highest BCUT2D eigenvalue weighted by atomic mass is 32.2. The lowest BCUT2D eigenvalue weighted by Gasteiger charge is -2.06. The number of carbonyl (C=O) groups is 1. The average molecular weight is 283 g/mol. The number of hydrogen-bond acceptors (Lipinski definition) is 5. The topological polar surface area (TPSA) is 84.2 Å². The molecule has 0 spiro atoms. The zero-order valence-electron chi connectivity index (χ0n) is 10.6. The minimum atomic E-state index is -0.367. The summed E-state index contributed by atoms with van der Waals surface area (Å²) in [6.45, 7) is 1.29. The molecule has 1 aromatic heterocycles. The summed E-state index contributed by atoms with van der Waals surface area (Å²) in [5.41, 5.74) is -0.156. The number of hydrogen-bond donors (Lipinski definition) is 2. The molecule has 6 nitrogen and oxygen atoms in total. The Morgan fingerprint density at radius 2 is 2.32 bits per heavy atom. The lowest BCUT2D eigenvalue weighted by molar-refractivity contribution is 0.0950. The number of fused-ring (bicyclic) bond motifs is 1. The lowest BCUT2D eigenvalue weighted by atomic mass is 10.2. The van der Waals surface area contributed by atoms with Gasteiger partial charge in [0.05, 0.1) is 0 Å². The Bertz CT molecular complexity index is 515. The summed E-state index contributed by atoms with van der Waals surface area (Å²) in [5, 5.41) is 12.0. The molecule has 104 valence electrons. The minimum Gasteiger partial charge on any atom is -0.396 e. The molecule has 2 N–H and O–H groups in total. The number of aromatic nitrogens is 2. The fourth-order valence-electron chi connectivity index (χ4n) is 1.88. The van der Waals surface area contributed by atoms with E-state index in [1.807, 2.05) is 0 Å². The predicted molar refractivity (Wildman–Crippen MR) is 72.5 cm³/mol. The summed E-state index contributed by atoms with van der Waals surface area (Å²) < 4.78 is 1.55. The maximum absolute atomic E-state index is 12.1. The molecular formula is C12H17N3O3S. The Morgan fingerprint density at radius 3 is 3.11 bits per heavy atom. The Balaban J connectivity index is 1.95. The molecule has 0 fully saturated rings. The number of nitrogens with one attached hydrogen (secondary N) is 1. The van der Waals surface area contributed by atoms with Crippen LogP contribution in [0.2, 0.25) is 0 Å². The van der Waals surface area contributed by atoms with Crippen LogP contribution in [-0.4, -0.2) is 39.5 Å². The van der Waals surface area contributed by atoms with Crippen LogP contribution < -0.4 is 10.9 Å². The first kappa shape index (κ1) is 14.1. The third kappa shape index (κ3) is 3.36. The molecule has 0 bridgehead atoms. The second-order valence-electron chi connectivity index (χ2n) is 4.30. The van der Waals surface area contributed by atoms with E-state index in [1.54, 1.807) is 4.57 Å². The smallest absolute Gasteiger partial charge is 0.267 e. The number of aliphatic hydroxyl groups excluding tert-OH is 1. The standard InChI is InChI=1S/C12H17N3O3S/c16-6-3-1-2-4-13-10(17)9-8-14-12-15(11(9)18)5-7-19-12/h8,16H,1-7H2,(H,13,17). The molecule has 0 unspecified atom stereocenters. The number of nitrogens with zero attached hydrogens (tertiary/aromatic N) is 2. The molecule has 7 heteroatoms. The number of carbonyl (C=O) groups excluding carboxylic acids is 1. The summed E-state index contributed by atoms with van der Waals surface area (Å²) in [6, 6.07) is 0. The Hall–Kier alpha value is -1.34. The van der Waals surface area contributed by atoms with Crippen LogP contribution in [0.4, 0.5) is 0 Å². The third-order valence-corrected chi connectivity index (χ3v) is 3.89. The highest BCUT2D eigenvalue weighted by Crippen LogP contribution is 2.20. The monoisotopic (exact) mass is 283 g/mol. The van der Waals surface area contributed by atoms with E-state index in [4.69, 9.17) is 5.11 Å². The fraction of sp³-hybridized carbons (Fsp3) is 0.583. The molecule has 2 heterocycles. The fourth-order valence-corrected chi connectivity index (χ4v) is 2.80. The van der Waals surface area contributed by atoms with Crippen molar-refractivity contribution in [3.63, 3.8) is 0 Å². The predicted octanol–water partition coefficient (Wildman–Crippen LogP) is 0.241. The van der Waals surface area contributed by atoms with Crippen molar-refractivity contribution < 1.29 is 9.90 Å². The van der Waals surface area contributed by atoms with Gasteiger partial charge in [-0.1, -0.05) is 11.8 Å². The molecule has 1 aromatic rings. The summed E-state index contributed by atoms with van der Waals surface area (Å²) in [5.74, 6) is 0.461. The quantitative estimate of drug-likeness (QED) is 0.577. The molecule has 0 saturated carbocycles. The van der Waals surface area contributed by atoms with E-state index in [-0.39, 0.29) is 23.6 Å². The van der Waals surface area contributed by atoms with Gasteiger partial charge in [0.1, 0.15) is 5.56 Å². The Kier molecular flexibility index (Phi) is 4.98. The summed E-state index contributed by atoms with van der Waals surface area (Å²) in [4.78, 5) is 28.1. The van der Waals surface area contributed by atoms with Crippen molar-refractivity contribution in [3.8, 4) is 0 Å². The van der Waals surface area contributed by atoms with Crippen molar-refractivity contribution in [1.82, 2.24) is 14.9 Å². The normalized spacial score (nSPS) is 13.3. The van der Waals surface area contributed by atoms with E-state index in [2.05, 4.69) is 10.3 Å². The van der Waals surface area contributed by atoms with Crippen molar-refractivity contribution in [1.29, 1.82) is 0 Å². The zero-order valence-corrected chi connectivity index (χ0v) is 11.4. The van der Waals surface area contributed by atoms with Gasteiger partial charge in [-0.3, -0.25) is 14.2 Å². The van der Waals surface area contributed by atoms with E-state index in [1.165, 1.54) is 18.0 Å². The number of aliphatic hydroxyl groups is 1. The van der Waals surface area contributed by atoms with Gasteiger partial charge in [0, 0.05) is 31.6 Å². The molecule has 1 aliphatic heterocycles. The van der Waals surface area contributed by atoms with Gasteiger partial charge in [0.2, 0.25) is 0 Å². The van der Waals surface area contributed by atoms with Gasteiger partial charge < -0.3 is 10.4 Å². The van der Waals surface area contributed by atoms with Crippen LogP contribution in [0, 0.1) is 0 Å². The molecule has 0 atom stereocenters. The largest absolute Gasteiger partial charge is 0.396 e. The van der Waals surface area contributed by atoms with Crippen LogP contribution in [0.15, 0.2) is 16.1 Å². The summed E-state index contributed by atoms with van der Waals surface area (Å²) in [6.07, 6.45) is 3.74. The number of unbranched alkanes of at least 4 members (excludes halogenated alkanes) is 2. The maximum Gasteiger partial charge on any atom is 0.267 e. The second-order valence-corrected chi connectivity index (χ2v) is 5.36. The van der Waals surface area contributed by atoms with Crippen molar-refractivity contribution >= 4 is 17.7 Å². The zero-order chi connectivity index (χ0) is 13.7. The van der Waals surface area contributed by atoms with Gasteiger partial charge in [-0.2, -0.15) is 0 Å². The lowest BCUT2D eigenvalue weighted by Crippen LogP contribution is -2.33. The number of amides is 1. The molecule has 0 saturated heterocycles. The van der Waals surface area contributed by atoms with E-state index >= 15 is 0 Å². The van der Waals surface area contributed by atoms with Crippen molar-refractivity contribution in [3.05, 3.63) is 22.1 Å². The third-order valence-electron chi connectivity index (χ3n) is 2.92. The van der Waals surface area contributed by atoms with Gasteiger partial charge >= 0.3 is 0 Å².